The second kappa shape index (κ2) is 9.80. The Bertz CT molecular complexity index is 830. The van der Waals surface area contributed by atoms with E-state index in [1.807, 2.05) is 43.4 Å². The summed E-state index contributed by atoms with van der Waals surface area (Å²) in [6, 6.07) is 5.72. The van der Waals surface area contributed by atoms with Crippen molar-refractivity contribution in [2.24, 2.45) is 0 Å². The van der Waals surface area contributed by atoms with Crippen molar-refractivity contribution in [3.63, 3.8) is 0 Å². The number of nitrogens with zero attached hydrogens (tertiary/aromatic N) is 3. The molecule has 1 fully saturated rings. The number of methoxy groups -OCH3 is 1. The van der Waals surface area contributed by atoms with Crippen molar-refractivity contribution < 1.29 is 14.6 Å². The molecule has 1 saturated carbocycles. The van der Waals surface area contributed by atoms with Crippen LogP contribution in [0.1, 0.15) is 37.1 Å². The topological polar surface area (TPSA) is 69.4 Å². The van der Waals surface area contributed by atoms with Crippen LogP contribution in [0, 0.1) is 0 Å². The number of thioether (sulfide) groups is 1. The van der Waals surface area contributed by atoms with Gasteiger partial charge in [0.25, 0.3) is 0 Å². The van der Waals surface area contributed by atoms with Crippen molar-refractivity contribution >= 4 is 17.8 Å². The third-order valence-corrected chi connectivity index (χ3v) is 5.49. The first-order valence-corrected chi connectivity index (χ1v) is 10.4. The SMILES string of the molecule is C=CCn1c(SCC(O)COc2ccc(/C=C/C)cc2OC)nnc1C1CC1. The quantitative estimate of drug-likeness (QED) is 0.455. The van der Waals surface area contributed by atoms with Crippen LogP contribution in [0.4, 0.5) is 0 Å². The van der Waals surface area contributed by atoms with E-state index in [0.29, 0.717) is 29.7 Å². The van der Waals surface area contributed by atoms with Crippen molar-refractivity contribution in [2.75, 3.05) is 19.5 Å². The molecule has 1 aromatic heterocycles. The van der Waals surface area contributed by atoms with E-state index < -0.39 is 6.10 Å². The van der Waals surface area contributed by atoms with Crippen LogP contribution in [0.15, 0.2) is 42.1 Å². The van der Waals surface area contributed by atoms with Gasteiger partial charge in [0, 0.05) is 18.2 Å². The normalized spacial score (nSPS) is 15.0. The van der Waals surface area contributed by atoms with Crippen LogP contribution in [0.2, 0.25) is 0 Å². The van der Waals surface area contributed by atoms with Crippen molar-refractivity contribution in [1.29, 1.82) is 0 Å². The number of allylic oxidation sites excluding steroid dienone is 2. The maximum absolute atomic E-state index is 10.3. The number of aliphatic hydroxyl groups is 1. The number of rotatable bonds is 11. The summed E-state index contributed by atoms with van der Waals surface area (Å²) in [6.07, 6.45) is 7.52. The molecular formula is C21H27N3O3S. The zero-order chi connectivity index (χ0) is 19.9. The molecule has 1 aromatic carbocycles. The van der Waals surface area contributed by atoms with E-state index in [1.165, 1.54) is 24.6 Å². The summed E-state index contributed by atoms with van der Waals surface area (Å²) in [5, 5.41) is 19.8. The minimum absolute atomic E-state index is 0.178. The summed E-state index contributed by atoms with van der Waals surface area (Å²) in [5.74, 6) is 3.28. The summed E-state index contributed by atoms with van der Waals surface area (Å²) >= 11 is 1.49. The lowest BCUT2D eigenvalue weighted by Crippen LogP contribution is -2.20. The highest BCUT2D eigenvalue weighted by atomic mass is 32.2. The van der Waals surface area contributed by atoms with E-state index in [1.54, 1.807) is 7.11 Å². The van der Waals surface area contributed by atoms with Gasteiger partial charge in [-0.3, -0.25) is 0 Å². The first-order chi connectivity index (χ1) is 13.7. The van der Waals surface area contributed by atoms with E-state index in [0.717, 1.165) is 16.5 Å². The zero-order valence-electron chi connectivity index (χ0n) is 16.4. The Morgan fingerprint density at radius 2 is 2.18 bits per heavy atom. The number of aromatic nitrogens is 3. The van der Waals surface area contributed by atoms with E-state index in [9.17, 15) is 5.11 Å². The average molecular weight is 402 g/mol. The Hall–Kier alpha value is -2.25. The molecule has 1 aliphatic rings. The maximum Gasteiger partial charge on any atom is 0.191 e. The molecule has 0 radical (unpaired) electrons. The van der Waals surface area contributed by atoms with Crippen LogP contribution in [0.5, 0.6) is 11.5 Å². The minimum atomic E-state index is -0.636. The molecule has 150 valence electrons. The molecule has 0 amide bonds. The van der Waals surface area contributed by atoms with Crippen LogP contribution in [0.3, 0.4) is 0 Å². The highest BCUT2D eigenvalue weighted by molar-refractivity contribution is 7.99. The van der Waals surface area contributed by atoms with Gasteiger partial charge in [-0.15, -0.1) is 16.8 Å². The number of aliphatic hydroxyl groups excluding tert-OH is 1. The molecule has 0 bridgehead atoms. The summed E-state index contributed by atoms with van der Waals surface area (Å²) in [4.78, 5) is 0. The molecule has 1 atom stereocenters. The van der Waals surface area contributed by atoms with Gasteiger partial charge in [-0.1, -0.05) is 36.1 Å². The number of benzene rings is 1. The van der Waals surface area contributed by atoms with E-state index in [2.05, 4.69) is 21.3 Å². The molecule has 0 spiro atoms. The Morgan fingerprint density at radius 3 is 2.86 bits per heavy atom. The van der Waals surface area contributed by atoms with Crippen molar-refractivity contribution in [3.05, 3.63) is 48.3 Å². The van der Waals surface area contributed by atoms with Gasteiger partial charge >= 0.3 is 0 Å². The Labute approximate surface area is 170 Å². The van der Waals surface area contributed by atoms with Gasteiger partial charge in [0.15, 0.2) is 16.7 Å². The van der Waals surface area contributed by atoms with Crippen LogP contribution in [-0.4, -0.2) is 45.4 Å². The number of ether oxygens (including phenoxy) is 2. The fourth-order valence-corrected chi connectivity index (χ4v) is 3.72. The highest BCUT2D eigenvalue weighted by Crippen LogP contribution is 2.40. The first-order valence-electron chi connectivity index (χ1n) is 9.44. The molecule has 1 heterocycles. The van der Waals surface area contributed by atoms with Crippen molar-refractivity contribution in [3.8, 4) is 11.5 Å². The van der Waals surface area contributed by atoms with Gasteiger partial charge in [0.2, 0.25) is 0 Å². The van der Waals surface area contributed by atoms with Crippen molar-refractivity contribution in [2.45, 2.75) is 43.5 Å². The largest absolute Gasteiger partial charge is 0.493 e. The smallest absolute Gasteiger partial charge is 0.191 e. The van der Waals surface area contributed by atoms with Gasteiger partial charge in [0.1, 0.15) is 12.4 Å². The Kier molecular flexibility index (Phi) is 7.17. The fraction of sp³-hybridized carbons (Fsp3) is 0.429. The van der Waals surface area contributed by atoms with Gasteiger partial charge < -0.3 is 19.1 Å². The molecule has 2 aromatic rings. The minimum Gasteiger partial charge on any atom is -0.493 e. The second-order valence-corrected chi connectivity index (χ2v) is 7.69. The van der Waals surface area contributed by atoms with E-state index >= 15 is 0 Å². The lowest BCUT2D eigenvalue weighted by molar-refractivity contribution is 0.124. The van der Waals surface area contributed by atoms with Crippen LogP contribution in [-0.2, 0) is 6.54 Å². The highest BCUT2D eigenvalue weighted by Gasteiger charge is 2.30. The first kappa shape index (κ1) is 20.5. The monoisotopic (exact) mass is 401 g/mol. The molecule has 28 heavy (non-hydrogen) atoms. The third-order valence-electron chi connectivity index (χ3n) is 4.38. The van der Waals surface area contributed by atoms with Crippen LogP contribution >= 0.6 is 11.8 Å². The molecule has 0 saturated heterocycles. The third kappa shape index (κ3) is 5.17. The van der Waals surface area contributed by atoms with Crippen LogP contribution < -0.4 is 9.47 Å². The predicted octanol–water partition coefficient (Wildman–Crippen LogP) is 3.92. The molecule has 3 rings (SSSR count). The maximum atomic E-state index is 10.3. The summed E-state index contributed by atoms with van der Waals surface area (Å²) in [6.45, 7) is 6.65. The predicted molar refractivity (Wildman–Crippen MR) is 112 cm³/mol. The Morgan fingerprint density at radius 1 is 1.36 bits per heavy atom. The molecular weight excluding hydrogens is 374 g/mol. The molecule has 1 N–H and O–H groups in total. The van der Waals surface area contributed by atoms with E-state index in [4.69, 9.17) is 9.47 Å². The zero-order valence-corrected chi connectivity index (χ0v) is 17.2. The summed E-state index contributed by atoms with van der Waals surface area (Å²) in [5.41, 5.74) is 1.04. The Balaban J connectivity index is 1.55. The van der Waals surface area contributed by atoms with Gasteiger partial charge in [-0.25, -0.2) is 0 Å². The molecule has 6 nitrogen and oxygen atoms in total. The fourth-order valence-electron chi connectivity index (χ4n) is 2.86. The van der Waals surface area contributed by atoms with Crippen molar-refractivity contribution in [1.82, 2.24) is 14.8 Å². The lowest BCUT2D eigenvalue weighted by atomic mass is 10.2. The van der Waals surface area contributed by atoms with Gasteiger partial charge in [-0.2, -0.15) is 0 Å². The van der Waals surface area contributed by atoms with E-state index in [-0.39, 0.29) is 6.61 Å². The lowest BCUT2D eigenvalue weighted by Gasteiger charge is -2.15. The average Bonchev–Trinajstić information content (AvgIpc) is 3.47. The van der Waals surface area contributed by atoms with Crippen LogP contribution in [0.25, 0.3) is 6.08 Å². The summed E-state index contributed by atoms with van der Waals surface area (Å²) < 4.78 is 13.3. The second-order valence-electron chi connectivity index (χ2n) is 6.70. The molecule has 1 unspecified atom stereocenters. The van der Waals surface area contributed by atoms with Gasteiger partial charge in [-0.05, 0) is 37.5 Å². The molecule has 7 heteroatoms. The number of hydrogen-bond acceptors (Lipinski definition) is 6. The molecule has 0 aliphatic heterocycles. The standard InChI is InChI=1S/C21H27N3O3S/c1-4-6-15-7-10-18(19(12-15)26-3)27-13-17(25)14-28-21-23-22-20(16-8-9-16)24(21)11-5-2/h4-7,10,12,16-17,25H,2,8-9,11,13-14H2,1,3H3/b6-4+. The number of hydrogen-bond donors (Lipinski definition) is 1. The molecule has 1 aliphatic carbocycles. The van der Waals surface area contributed by atoms with Gasteiger partial charge in [0.05, 0.1) is 13.2 Å². The summed E-state index contributed by atoms with van der Waals surface area (Å²) in [7, 11) is 1.61.